The maximum atomic E-state index is 5.38. The zero-order valence-electron chi connectivity index (χ0n) is 12.9. The molecule has 0 aliphatic carbocycles. The Hall–Kier alpha value is -2.55. The monoisotopic (exact) mass is 291 g/mol. The number of aryl methyl sites for hydroxylation is 2. The average molecular weight is 291 g/mol. The van der Waals surface area contributed by atoms with Crippen LogP contribution in [0.2, 0.25) is 0 Å². The van der Waals surface area contributed by atoms with E-state index in [1.54, 1.807) is 7.11 Å². The summed E-state index contributed by atoms with van der Waals surface area (Å²) in [6.07, 6.45) is 7.76. The molecule has 4 rings (SSSR count). The summed E-state index contributed by atoms with van der Waals surface area (Å²) in [5, 5.41) is 1.24. The van der Waals surface area contributed by atoms with Crippen LogP contribution in [0.4, 0.5) is 0 Å². The summed E-state index contributed by atoms with van der Waals surface area (Å²) >= 11 is 0. The third-order valence-corrected chi connectivity index (χ3v) is 4.45. The number of aromatic nitrogens is 2. The Bertz CT molecular complexity index is 890. The maximum Gasteiger partial charge on any atom is 0.208 e. The molecule has 3 heteroatoms. The molecule has 0 fully saturated rings. The van der Waals surface area contributed by atoms with E-state index in [0.717, 1.165) is 18.7 Å². The van der Waals surface area contributed by atoms with Crippen LogP contribution in [-0.4, -0.2) is 11.7 Å². The highest BCUT2D eigenvalue weighted by molar-refractivity contribution is 5.95. The van der Waals surface area contributed by atoms with Crippen molar-refractivity contribution in [1.82, 2.24) is 4.57 Å². The van der Waals surface area contributed by atoms with Gasteiger partial charge in [-0.05, 0) is 30.3 Å². The van der Waals surface area contributed by atoms with E-state index >= 15 is 0 Å². The Kier molecular flexibility index (Phi) is 3.00. The highest BCUT2D eigenvalue weighted by Gasteiger charge is 2.23. The lowest BCUT2D eigenvalue weighted by molar-refractivity contribution is -0.689. The summed E-state index contributed by atoms with van der Waals surface area (Å²) in [5.41, 5.74) is 5.20. The van der Waals surface area contributed by atoms with Gasteiger partial charge in [0.2, 0.25) is 5.69 Å². The molecule has 1 aliphatic heterocycles. The summed E-state index contributed by atoms with van der Waals surface area (Å²) in [7, 11) is 3.81. The number of benzene rings is 1. The van der Waals surface area contributed by atoms with E-state index < -0.39 is 0 Å². The summed E-state index contributed by atoms with van der Waals surface area (Å²) in [6.45, 7) is 1.07. The molecular formula is C19H19N2O+. The van der Waals surface area contributed by atoms with Crippen molar-refractivity contribution in [1.29, 1.82) is 0 Å². The zero-order chi connectivity index (χ0) is 15.1. The second-order valence-electron chi connectivity index (χ2n) is 5.78. The molecule has 2 aromatic heterocycles. The van der Waals surface area contributed by atoms with Gasteiger partial charge in [0, 0.05) is 53.8 Å². The highest BCUT2D eigenvalue weighted by atomic mass is 16.5. The van der Waals surface area contributed by atoms with Crippen LogP contribution in [0.25, 0.3) is 22.6 Å². The molecule has 1 aliphatic rings. The van der Waals surface area contributed by atoms with Gasteiger partial charge in [0.15, 0.2) is 12.7 Å². The van der Waals surface area contributed by atoms with Gasteiger partial charge in [-0.15, -0.1) is 0 Å². The molecule has 0 saturated heterocycles. The van der Waals surface area contributed by atoms with E-state index in [2.05, 4.69) is 65.0 Å². The first-order chi connectivity index (χ1) is 10.8. The molecule has 22 heavy (non-hydrogen) atoms. The second kappa shape index (κ2) is 5.02. The third kappa shape index (κ3) is 2.01. The fourth-order valence-corrected chi connectivity index (χ4v) is 3.31. The smallest absolute Gasteiger partial charge is 0.208 e. The van der Waals surface area contributed by atoms with Gasteiger partial charge in [0.1, 0.15) is 5.75 Å². The molecular weight excluding hydrogens is 272 g/mol. The van der Waals surface area contributed by atoms with E-state index in [1.807, 2.05) is 6.07 Å². The number of hydrogen-bond acceptors (Lipinski definition) is 1. The molecule has 0 N–H and O–H groups in total. The zero-order valence-corrected chi connectivity index (χ0v) is 12.9. The van der Waals surface area contributed by atoms with Crippen molar-refractivity contribution < 1.29 is 9.30 Å². The number of nitrogens with zero attached hydrogens (tertiary/aromatic N) is 2. The van der Waals surface area contributed by atoms with E-state index in [0.29, 0.717) is 0 Å². The third-order valence-electron chi connectivity index (χ3n) is 4.45. The van der Waals surface area contributed by atoms with Crippen molar-refractivity contribution >= 4 is 22.6 Å². The molecule has 1 aromatic carbocycles. The lowest BCUT2D eigenvalue weighted by Gasteiger charge is -2.01. The van der Waals surface area contributed by atoms with Crippen LogP contribution < -0.4 is 9.30 Å². The number of allylic oxidation sites excluding steroid dienone is 1. The SMILES string of the molecule is COc1ccc2c(c1)c(/C=C1\CC[n+]3ccccc31)cn2C. The minimum atomic E-state index is 0.902. The van der Waals surface area contributed by atoms with Gasteiger partial charge in [0.25, 0.3) is 0 Å². The first-order valence-corrected chi connectivity index (χ1v) is 7.59. The van der Waals surface area contributed by atoms with Crippen molar-refractivity contribution in [3.8, 4) is 5.75 Å². The van der Waals surface area contributed by atoms with Crippen LogP contribution in [0.5, 0.6) is 5.75 Å². The predicted octanol–water partition coefficient (Wildman–Crippen LogP) is 3.42. The lowest BCUT2D eigenvalue weighted by atomic mass is 10.1. The van der Waals surface area contributed by atoms with Crippen molar-refractivity contribution in [2.45, 2.75) is 13.0 Å². The van der Waals surface area contributed by atoms with Gasteiger partial charge >= 0.3 is 0 Å². The molecule has 110 valence electrons. The van der Waals surface area contributed by atoms with Gasteiger partial charge in [0.05, 0.1) is 7.11 Å². The molecule has 0 atom stereocenters. The Morgan fingerprint density at radius 2 is 2.14 bits per heavy atom. The summed E-state index contributed by atoms with van der Waals surface area (Å²) in [4.78, 5) is 0. The Morgan fingerprint density at radius 1 is 1.23 bits per heavy atom. The predicted molar refractivity (Wildman–Crippen MR) is 88.6 cm³/mol. The average Bonchev–Trinajstić information content (AvgIpc) is 3.10. The van der Waals surface area contributed by atoms with Crippen LogP contribution in [-0.2, 0) is 13.6 Å². The number of hydrogen-bond donors (Lipinski definition) is 0. The second-order valence-corrected chi connectivity index (χ2v) is 5.78. The normalized spacial score (nSPS) is 15.5. The van der Waals surface area contributed by atoms with Crippen LogP contribution in [0.1, 0.15) is 17.7 Å². The highest BCUT2D eigenvalue weighted by Crippen LogP contribution is 2.30. The fourth-order valence-electron chi connectivity index (χ4n) is 3.31. The van der Waals surface area contributed by atoms with Gasteiger partial charge in [-0.1, -0.05) is 0 Å². The van der Waals surface area contributed by atoms with Crippen LogP contribution >= 0.6 is 0 Å². The van der Waals surface area contributed by atoms with Gasteiger partial charge in [-0.25, -0.2) is 0 Å². The standard InChI is InChI=1S/C19H19N2O/c1-20-13-15(17-12-16(22-2)6-7-19(17)20)11-14-8-10-21-9-4-3-5-18(14)21/h3-7,9,11-13H,8,10H2,1-2H3/q+1. The largest absolute Gasteiger partial charge is 0.497 e. The minimum absolute atomic E-state index is 0.902. The fraction of sp³-hybridized carbons (Fsp3) is 0.211. The Labute approximate surface area is 130 Å². The Balaban J connectivity index is 1.87. The molecule has 0 bridgehead atoms. The van der Waals surface area contributed by atoms with E-state index in [-0.39, 0.29) is 0 Å². The van der Waals surface area contributed by atoms with Crippen LogP contribution in [0.3, 0.4) is 0 Å². The lowest BCUT2D eigenvalue weighted by Crippen LogP contribution is -2.31. The van der Waals surface area contributed by atoms with Crippen molar-refractivity contribution in [2.24, 2.45) is 7.05 Å². The van der Waals surface area contributed by atoms with E-state index in [9.17, 15) is 0 Å². The summed E-state index contributed by atoms with van der Waals surface area (Å²) < 4.78 is 9.87. The molecule has 3 aromatic rings. The van der Waals surface area contributed by atoms with Crippen molar-refractivity contribution in [3.05, 3.63) is 60.0 Å². The number of fused-ring (bicyclic) bond motifs is 2. The van der Waals surface area contributed by atoms with E-state index in [4.69, 9.17) is 4.74 Å². The van der Waals surface area contributed by atoms with Crippen molar-refractivity contribution in [2.75, 3.05) is 7.11 Å². The number of rotatable bonds is 2. The first-order valence-electron chi connectivity index (χ1n) is 7.59. The number of pyridine rings is 1. The van der Waals surface area contributed by atoms with Crippen molar-refractivity contribution in [3.63, 3.8) is 0 Å². The molecule has 0 spiro atoms. The summed E-state index contributed by atoms with van der Waals surface area (Å²) in [6, 6.07) is 12.7. The van der Waals surface area contributed by atoms with E-state index in [1.165, 1.54) is 27.7 Å². The summed E-state index contributed by atoms with van der Waals surface area (Å²) in [5.74, 6) is 0.902. The first kappa shape index (κ1) is 13.1. The Morgan fingerprint density at radius 3 is 3.00 bits per heavy atom. The molecule has 0 radical (unpaired) electrons. The van der Waals surface area contributed by atoms with Crippen LogP contribution in [0.15, 0.2) is 48.8 Å². The topological polar surface area (TPSA) is 18.0 Å². The van der Waals surface area contributed by atoms with Crippen LogP contribution in [0, 0.1) is 0 Å². The quantitative estimate of drug-likeness (QED) is 0.662. The number of ether oxygens (including phenoxy) is 1. The maximum absolute atomic E-state index is 5.38. The van der Waals surface area contributed by atoms with Gasteiger partial charge in [-0.2, -0.15) is 4.57 Å². The van der Waals surface area contributed by atoms with Gasteiger partial charge in [-0.3, -0.25) is 0 Å². The molecule has 0 amide bonds. The molecule has 3 heterocycles. The number of methoxy groups -OCH3 is 1. The molecule has 0 saturated carbocycles. The molecule has 3 nitrogen and oxygen atoms in total. The minimum Gasteiger partial charge on any atom is -0.497 e. The van der Waals surface area contributed by atoms with Gasteiger partial charge < -0.3 is 9.30 Å². The molecule has 0 unspecified atom stereocenters.